The van der Waals surface area contributed by atoms with Gasteiger partial charge in [-0.3, -0.25) is 14.3 Å². The van der Waals surface area contributed by atoms with Gasteiger partial charge in [0.05, 0.1) is 34.3 Å². The summed E-state index contributed by atoms with van der Waals surface area (Å²) in [6.07, 6.45) is 0.718. The molecule has 152 valence electrons. The topological polar surface area (TPSA) is 34.5 Å². The number of hydrogen-bond acceptors (Lipinski definition) is 3. The predicted octanol–water partition coefficient (Wildman–Crippen LogP) is 4.96. The second-order valence-corrected chi connectivity index (χ2v) is 7.96. The van der Waals surface area contributed by atoms with E-state index in [0.717, 1.165) is 55.9 Å². The van der Waals surface area contributed by atoms with Crippen LogP contribution in [0.15, 0.2) is 36.4 Å². The summed E-state index contributed by atoms with van der Waals surface area (Å²) in [7, 11) is 0. The maximum absolute atomic E-state index is 14.0. The Labute approximate surface area is 178 Å². The molecule has 0 bridgehead atoms. The first-order chi connectivity index (χ1) is 14.0. The Balaban J connectivity index is 1.77. The summed E-state index contributed by atoms with van der Waals surface area (Å²) in [5.74, 6) is -0.597. The molecule has 0 spiro atoms. The summed E-state index contributed by atoms with van der Waals surface area (Å²) >= 11 is 12.4. The highest BCUT2D eigenvalue weighted by molar-refractivity contribution is 6.44. The van der Waals surface area contributed by atoms with Crippen molar-refractivity contribution < 1.29 is 13.9 Å². The van der Waals surface area contributed by atoms with Gasteiger partial charge in [-0.2, -0.15) is 0 Å². The number of rotatable bonds is 4. The van der Waals surface area contributed by atoms with Crippen molar-refractivity contribution in [2.45, 2.75) is 13.3 Å². The fourth-order valence-corrected chi connectivity index (χ4v) is 4.30. The Bertz CT molecular complexity index is 1070. The van der Waals surface area contributed by atoms with Gasteiger partial charge in [0.1, 0.15) is 5.82 Å². The van der Waals surface area contributed by atoms with Crippen LogP contribution in [-0.2, 0) is 11.2 Å². The first-order valence-electron chi connectivity index (χ1n) is 9.55. The molecule has 0 radical (unpaired) electrons. The molecule has 3 aromatic rings. The predicted molar refractivity (Wildman–Crippen MR) is 114 cm³/mol. The van der Waals surface area contributed by atoms with Gasteiger partial charge in [-0.05, 0) is 49.2 Å². The Morgan fingerprint density at radius 1 is 1.17 bits per heavy atom. The van der Waals surface area contributed by atoms with Gasteiger partial charge in [0.15, 0.2) is 0 Å². The molecule has 1 aliphatic heterocycles. The van der Waals surface area contributed by atoms with E-state index >= 15 is 0 Å². The minimum Gasteiger partial charge on any atom is -0.379 e. The molecule has 1 fully saturated rings. The Hall–Kier alpha value is -1.92. The van der Waals surface area contributed by atoms with Gasteiger partial charge in [-0.15, -0.1) is 0 Å². The summed E-state index contributed by atoms with van der Waals surface area (Å²) in [5.41, 5.74) is 2.75. The number of carbonyl (C=O) groups excluding carboxylic acids is 1. The lowest BCUT2D eigenvalue weighted by Gasteiger charge is -2.26. The number of hydrogen-bond donors (Lipinski definition) is 0. The maximum atomic E-state index is 14.0. The summed E-state index contributed by atoms with van der Waals surface area (Å²) < 4.78 is 21.0. The second kappa shape index (κ2) is 8.44. The zero-order valence-electron chi connectivity index (χ0n) is 16.1. The van der Waals surface area contributed by atoms with Crippen molar-refractivity contribution in [3.05, 3.63) is 69.1 Å². The molecule has 1 aromatic heterocycles. The highest BCUT2D eigenvalue weighted by Crippen LogP contribution is 2.31. The van der Waals surface area contributed by atoms with Gasteiger partial charge in [0, 0.05) is 30.7 Å². The molecule has 0 atom stereocenters. The smallest absolute Gasteiger partial charge is 0.264 e. The van der Waals surface area contributed by atoms with Gasteiger partial charge in [0.2, 0.25) is 0 Å². The number of ether oxygens (including phenoxy) is 1. The molecule has 2 heterocycles. The number of aromatic nitrogens is 1. The van der Waals surface area contributed by atoms with Crippen LogP contribution in [0.5, 0.6) is 0 Å². The van der Waals surface area contributed by atoms with Crippen LogP contribution >= 0.6 is 23.2 Å². The molecule has 0 amide bonds. The van der Waals surface area contributed by atoms with Crippen molar-refractivity contribution in [3.63, 3.8) is 0 Å². The van der Waals surface area contributed by atoms with E-state index in [1.54, 1.807) is 28.8 Å². The number of nitrogens with zero attached hydrogens (tertiary/aromatic N) is 2. The number of morpholine rings is 1. The molecular weight excluding hydrogens is 414 g/mol. The largest absolute Gasteiger partial charge is 0.379 e. The number of benzene rings is 2. The number of halogens is 3. The average molecular weight is 435 g/mol. The molecule has 1 aliphatic rings. The van der Waals surface area contributed by atoms with Crippen molar-refractivity contribution in [2.24, 2.45) is 0 Å². The van der Waals surface area contributed by atoms with E-state index in [0.29, 0.717) is 16.1 Å². The molecule has 7 heteroatoms. The van der Waals surface area contributed by atoms with Crippen molar-refractivity contribution in [3.8, 4) is 0 Å². The monoisotopic (exact) mass is 434 g/mol. The molecule has 1 saturated heterocycles. The zero-order chi connectivity index (χ0) is 20.5. The summed E-state index contributed by atoms with van der Waals surface area (Å²) in [5, 5.41) is 1.30. The van der Waals surface area contributed by atoms with E-state index in [4.69, 9.17) is 27.9 Å². The van der Waals surface area contributed by atoms with E-state index in [1.165, 1.54) is 12.1 Å². The molecule has 0 unspecified atom stereocenters. The quantitative estimate of drug-likeness (QED) is 0.581. The molecule has 2 aromatic carbocycles. The van der Waals surface area contributed by atoms with E-state index in [2.05, 4.69) is 4.90 Å². The molecule has 4 rings (SSSR count). The molecular formula is C22H21Cl2FN2O2. The SMILES string of the molecule is Cc1c(CCN2CCOCC2)c2cc(F)ccc2n1C(=O)c1cccc(Cl)c1Cl. The summed E-state index contributed by atoms with van der Waals surface area (Å²) in [6.45, 7) is 5.92. The zero-order valence-corrected chi connectivity index (χ0v) is 17.6. The third-order valence-corrected chi connectivity index (χ3v) is 6.28. The van der Waals surface area contributed by atoms with Gasteiger partial charge < -0.3 is 4.74 Å². The van der Waals surface area contributed by atoms with Crippen LogP contribution in [0.2, 0.25) is 10.0 Å². The van der Waals surface area contributed by atoms with Gasteiger partial charge in [-0.1, -0.05) is 29.3 Å². The maximum Gasteiger partial charge on any atom is 0.264 e. The Morgan fingerprint density at radius 3 is 2.69 bits per heavy atom. The van der Waals surface area contributed by atoms with Crippen molar-refractivity contribution in [1.82, 2.24) is 9.47 Å². The highest BCUT2D eigenvalue weighted by atomic mass is 35.5. The van der Waals surface area contributed by atoms with Gasteiger partial charge >= 0.3 is 0 Å². The molecule has 0 N–H and O–H groups in total. The van der Waals surface area contributed by atoms with Crippen LogP contribution in [-0.4, -0.2) is 48.2 Å². The molecule has 4 nitrogen and oxygen atoms in total. The second-order valence-electron chi connectivity index (χ2n) is 7.17. The fraction of sp³-hybridized carbons (Fsp3) is 0.318. The lowest BCUT2D eigenvalue weighted by atomic mass is 10.1. The van der Waals surface area contributed by atoms with Crippen molar-refractivity contribution >= 4 is 40.0 Å². The van der Waals surface area contributed by atoms with E-state index in [-0.39, 0.29) is 16.7 Å². The van der Waals surface area contributed by atoms with Crippen LogP contribution in [0.4, 0.5) is 4.39 Å². The lowest BCUT2D eigenvalue weighted by molar-refractivity contribution is 0.0384. The van der Waals surface area contributed by atoms with E-state index < -0.39 is 0 Å². The third-order valence-electron chi connectivity index (χ3n) is 5.46. The first kappa shape index (κ1) is 20.4. The molecule has 0 aliphatic carbocycles. The fourth-order valence-electron chi connectivity index (χ4n) is 3.92. The summed E-state index contributed by atoms with van der Waals surface area (Å²) in [6, 6.07) is 9.51. The normalized spacial score (nSPS) is 15.2. The highest BCUT2D eigenvalue weighted by Gasteiger charge is 2.23. The van der Waals surface area contributed by atoms with Crippen molar-refractivity contribution in [2.75, 3.05) is 32.8 Å². The minimum atomic E-state index is -0.324. The van der Waals surface area contributed by atoms with Crippen molar-refractivity contribution in [1.29, 1.82) is 0 Å². The number of fused-ring (bicyclic) bond motifs is 1. The molecule has 0 saturated carbocycles. The van der Waals surface area contributed by atoms with Crippen LogP contribution in [0.3, 0.4) is 0 Å². The Morgan fingerprint density at radius 2 is 1.93 bits per heavy atom. The first-order valence-corrected chi connectivity index (χ1v) is 10.3. The average Bonchev–Trinajstić information content (AvgIpc) is 2.99. The molecule has 29 heavy (non-hydrogen) atoms. The van der Waals surface area contributed by atoms with Crippen LogP contribution in [0.1, 0.15) is 21.6 Å². The standard InChI is InChI=1S/C22H21Cl2FN2O2/c1-14-16(7-8-26-9-11-29-12-10-26)18-13-15(25)5-6-20(18)27(14)22(28)17-3-2-4-19(23)21(17)24/h2-6,13H,7-12H2,1H3. The van der Waals surface area contributed by atoms with E-state index in [9.17, 15) is 9.18 Å². The Kier molecular flexibility index (Phi) is 5.93. The summed E-state index contributed by atoms with van der Waals surface area (Å²) in [4.78, 5) is 15.7. The van der Waals surface area contributed by atoms with Crippen LogP contribution < -0.4 is 0 Å². The van der Waals surface area contributed by atoms with Gasteiger partial charge in [0.25, 0.3) is 5.91 Å². The van der Waals surface area contributed by atoms with Gasteiger partial charge in [-0.25, -0.2) is 4.39 Å². The van der Waals surface area contributed by atoms with Crippen LogP contribution in [0.25, 0.3) is 10.9 Å². The van der Waals surface area contributed by atoms with Crippen LogP contribution in [0, 0.1) is 12.7 Å². The minimum absolute atomic E-state index is 0.220. The third kappa shape index (κ3) is 3.92. The van der Waals surface area contributed by atoms with E-state index in [1.807, 2.05) is 6.92 Å². The number of carbonyl (C=O) groups is 1. The lowest BCUT2D eigenvalue weighted by Crippen LogP contribution is -2.37.